The number of hydrogen-bond acceptors (Lipinski definition) is 4. The summed E-state index contributed by atoms with van der Waals surface area (Å²) in [5, 5.41) is 0. The van der Waals surface area contributed by atoms with Gasteiger partial charge in [-0.05, 0) is 32.6 Å². The first-order chi connectivity index (χ1) is 7.72. The molecule has 0 unspecified atom stereocenters. The van der Waals surface area contributed by atoms with Gasteiger partial charge in [0.2, 0.25) is 0 Å². The maximum Gasteiger partial charge on any atom is 0.135 e. The first kappa shape index (κ1) is 11.3. The van der Waals surface area contributed by atoms with Gasteiger partial charge in [0, 0.05) is 31.4 Å². The summed E-state index contributed by atoms with van der Waals surface area (Å²) in [6, 6.07) is 0. The molecule has 0 aromatic carbocycles. The molecule has 0 bridgehead atoms. The van der Waals surface area contributed by atoms with Gasteiger partial charge in [0.1, 0.15) is 11.6 Å². The van der Waals surface area contributed by atoms with Crippen molar-refractivity contribution in [3.05, 3.63) is 17.1 Å². The molecule has 2 rings (SSSR count). The predicted molar refractivity (Wildman–Crippen MR) is 65.7 cm³/mol. The van der Waals surface area contributed by atoms with Crippen molar-refractivity contribution < 1.29 is 0 Å². The van der Waals surface area contributed by atoms with Crippen LogP contribution in [0.1, 0.15) is 29.9 Å². The van der Waals surface area contributed by atoms with E-state index in [-0.39, 0.29) is 0 Å². The third-order valence-corrected chi connectivity index (χ3v) is 3.10. The second-order valence-electron chi connectivity index (χ2n) is 4.44. The lowest BCUT2D eigenvalue weighted by Crippen LogP contribution is -2.28. The fraction of sp³-hybridized carbons (Fsp3) is 0.667. The largest absolute Gasteiger partial charge is 0.358 e. The molecule has 1 aromatic heterocycles. The number of anilines is 1. The van der Waals surface area contributed by atoms with E-state index in [9.17, 15) is 0 Å². The number of nitrogens with two attached hydrogens (primary N) is 1. The molecule has 1 aliphatic rings. The Balaban J connectivity index is 2.38. The van der Waals surface area contributed by atoms with Crippen molar-refractivity contribution in [3.63, 3.8) is 0 Å². The summed E-state index contributed by atoms with van der Waals surface area (Å²) in [6.07, 6.45) is 4.72. The van der Waals surface area contributed by atoms with Crippen molar-refractivity contribution >= 4 is 5.82 Å². The van der Waals surface area contributed by atoms with E-state index < -0.39 is 0 Å². The average Bonchev–Trinajstić information content (AvgIpc) is 2.28. The van der Waals surface area contributed by atoms with E-state index in [0.29, 0.717) is 6.54 Å². The Bertz CT molecular complexity index is 376. The van der Waals surface area contributed by atoms with Gasteiger partial charge in [-0.1, -0.05) is 0 Å². The first-order valence-electron chi connectivity index (χ1n) is 6.00. The van der Waals surface area contributed by atoms with E-state index in [1.165, 1.54) is 24.1 Å². The molecular formula is C12H20N4. The van der Waals surface area contributed by atoms with Crippen molar-refractivity contribution in [2.75, 3.05) is 25.0 Å². The Morgan fingerprint density at radius 1 is 1.25 bits per heavy atom. The molecule has 4 nitrogen and oxygen atoms in total. The molecule has 0 saturated heterocycles. The van der Waals surface area contributed by atoms with Crippen LogP contribution in [0.4, 0.5) is 5.82 Å². The minimum Gasteiger partial charge on any atom is -0.358 e. The second kappa shape index (κ2) is 4.78. The smallest absolute Gasteiger partial charge is 0.135 e. The minimum absolute atomic E-state index is 0.661. The molecule has 0 spiro atoms. The van der Waals surface area contributed by atoms with Gasteiger partial charge in [-0.2, -0.15) is 0 Å². The quantitative estimate of drug-likeness (QED) is 0.827. The molecule has 0 aliphatic heterocycles. The fourth-order valence-electron chi connectivity index (χ4n) is 2.31. The van der Waals surface area contributed by atoms with Crippen LogP contribution in [0, 0.1) is 6.92 Å². The van der Waals surface area contributed by atoms with Gasteiger partial charge in [-0.3, -0.25) is 0 Å². The molecule has 0 radical (unpaired) electrons. The molecule has 1 aromatic rings. The SMILES string of the molecule is Cc1nc2c(c(N(C)CCN)n1)CCCC2. The normalized spacial score (nSPS) is 14.7. The molecule has 1 heterocycles. The van der Waals surface area contributed by atoms with Gasteiger partial charge in [0.05, 0.1) is 0 Å². The standard InChI is InChI=1S/C12H20N4/c1-9-14-11-6-4-3-5-10(11)12(15-9)16(2)8-7-13/h3-8,13H2,1-2H3. The average molecular weight is 220 g/mol. The van der Waals surface area contributed by atoms with Gasteiger partial charge in [0.15, 0.2) is 0 Å². The Kier molecular flexibility index (Phi) is 3.39. The predicted octanol–water partition coefficient (Wildman–Crippen LogP) is 1.06. The van der Waals surface area contributed by atoms with Crippen LogP contribution >= 0.6 is 0 Å². The monoisotopic (exact) mass is 220 g/mol. The Hall–Kier alpha value is -1.16. The van der Waals surface area contributed by atoms with Gasteiger partial charge < -0.3 is 10.6 Å². The number of rotatable bonds is 3. The third kappa shape index (κ3) is 2.16. The lowest BCUT2D eigenvalue weighted by atomic mass is 9.96. The van der Waals surface area contributed by atoms with E-state index in [2.05, 4.69) is 21.9 Å². The molecule has 0 atom stereocenters. The van der Waals surface area contributed by atoms with E-state index in [1.807, 2.05) is 6.92 Å². The third-order valence-electron chi connectivity index (χ3n) is 3.10. The van der Waals surface area contributed by atoms with Crippen LogP contribution in [-0.2, 0) is 12.8 Å². The second-order valence-corrected chi connectivity index (χ2v) is 4.44. The lowest BCUT2D eigenvalue weighted by Gasteiger charge is -2.24. The zero-order valence-corrected chi connectivity index (χ0v) is 10.2. The zero-order chi connectivity index (χ0) is 11.5. The molecule has 0 fully saturated rings. The Morgan fingerprint density at radius 3 is 2.75 bits per heavy atom. The highest BCUT2D eigenvalue weighted by Gasteiger charge is 2.18. The van der Waals surface area contributed by atoms with Gasteiger partial charge >= 0.3 is 0 Å². The van der Waals surface area contributed by atoms with Crippen LogP contribution in [0.25, 0.3) is 0 Å². The summed E-state index contributed by atoms with van der Waals surface area (Å²) < 4.78 is 0. The lowest BCUT2D eigenvalue weighted by molar-refractivity contribution is 0.653. The van der Waals surface area contributed by atoms with Crippen LogP contribution in [0.2, 0.25) is 0 Å². The van der Waals surface area contributed by atoms with Crippen molar-refractivity contribution in [1.29, 1.82) is 0 Å². The molecule has 0 amide bonds. The molecule has 1 aliphatic carbocycles. The Morgan fingerprint density at radius 2 is 2.00 bits per heavy atom. The molecule has 0 saturated carbocycles. The highest BCUT2D eigenvalue weighted by Crippen LogP contribution is 2.27. The van der Waals surface area contributed by atoms with Crippen LogP contribution in [-0.4, -0.2) is 30.1 Å². The molecule has 88 valence electrons. The zero-order valence-electron chi connectivity index (χ0n) is 10.2. The first-order valence-corrected chi connectivity index (χ1v) is 6.00. The van der Waals surface area contributed by atoms with E-state index in [1.54, 1.807) is 0 Å². The molecular weight excluding hydrogens is 200 g/mol. The summed E-state index contributed by atoms with van der Waals surface area (Å²) in [6.45, 7) is 3.48. The van der Waals surface area contributed by atoms with Gasteiger partial charge in [-0.15, -0.1) is 0 Å². The van der Waals surface area contributed by atoms with Crippen LogP contribution in [0.3, 0.4) is 0 Å². The topological polar surface area (TPSA) is 55.0 Å². The summed E-state index contributed by atoms with van der Waals surface area (Å²) >= 11 is 0. The summed E-state index contributed by atoms with van der Waals surface area (Å²) in [4.78, 5) is 11.3. The summed E-state index contributed by atoms with van der Waals surface area (Å²) in [5.74, 6) is 1.96. The fourth-order valence-corrected chi connectivity index (χ4v) is 2.31. The van der Waals surface area contributed by atoms with Crippen LogP contribution < -0.4 is 10.6 Å². The van der Waals surface area contributed by atoms with Crippen molar-refractivity contribution in [1.82, 2.24) is 9.97 Å². The maximum absolute atomic E-state index is 5.60. The van der Waals surface area contributed by atoms with Crippen molar-refractivity contribution in [2.45, 2.75) is 32.6 Å². The van der Waals surface area contributed by atoms with Gasteiger partial charge in [0.25, 0.3) is 0 Å². The van der Waals surface area contributed by atoms with Crippen molar-refractivity contribution in [2.24, 2.45) is 5.73 Å². The Labute approximate surface area is 96.9 Å². The van der Waals surface area contributed by atoms with Crippen molar-refractivity contribution in [3.8, 4) is 0 Å². The number of fused-ring (bicyclic) bond motifs is 1. The number of hydrogen-bond donors (Lipinski definition) is 1. The summed E-state index contributed by atoms with van der Waals surface area (Å²) in [5.41, 5.74) is 8.18. The maximum atomic E-state index is 5.60. The van der Waals surface area contributed by atoms with Crippen LogP contribution in [0.15, 0.2) is 0 Å². The number of nitrogens with zero attached hydrogens (tertiary/aromatic N) is 3. The highest BCUT2D eigenvalue weighted by molar-refractivity contribution is 5.49. The van der Waals surface area contributed by atoms with Crippen LogP contribution in [0.5, 0.6) is 0 Å². The summed E-state index contributed by atoms with van der Waals surface area (Å²) in [7, 11) is 2.06. The van der Waals surface area contributed by atoms with Gasteiger partial charge in [-0.25, -0.2) is 9.97 Å². The van der Waals surface area contributed by atoms with E-state index in [4.69, 9.17) is 5.73 Å². The number of aryl methyl sites for hydroxylation is 2. The van der Waals surface area contributed by atoms with E-state index >= 15 is 0 Å². The van der Waals surface area contributed by atoms with E-state index in [0.717, 1.165) is 31.0 Å². The number of aromatic nitrogens is 2. The molecule has 2 N–H and O–H groups in total. The molecule has 16 heavy (non-hydrogen) atoms. The highest BCUT2D eigenvalue weighted by atomic mass is 15.2. The number of likely N-dealkylation sites (N-methyl/N-ethyl adjacent to an activating group) is 1. The molecule has 4 heteroatoms. The minimum atomic E-state index is 0.661.